The van der Waals surface area contributed by atoms with E-state index in [0.29, 0.717) is 13.1 Å². The molecule has 1 fully saturated rings. The Morgan fingerprint density at radius 2 is 1.86 bits per heavy atom. The molecule has 2 aromatic carbocycles. The second-order valence-electron chi connectivity index (χ2n) is 6.90. The van der Waals surface area contributed by atoms with Gasteiger partial charge in [-0.25, -0.2) is 8.78 Å². The highest BCUT2D eigenvalue weighted by atomic mass is 19.2. The first kappa shape index (κ1) is 20.1. The Morgan fingerprint density at radius 1 is 1.11 bits per heavy atom. The molecule has 0 aromatic heterocycles. The van der Waals surface area contributed by atoms with E-state index in [9.17, 15) is 23.5 Å². The van der Waals surface area contributed by atoms with E-state index in [1.165, 1.54) is 18.2 Å². The van der Waals surface area contributed by atoms with E-state index in [4.69, 9.17) is 0 Å². The lowest BCUT2D eigenvalue weighted by atomic mass is 9.97. The van der Waals surface area contributed by atoms with Crippen molar-refractivity contribution in [2.24, 2.45) is 5.92 Å². The van der Waals surface area contributed by atoms with Crippen molar-refractivity contribution in [2.75, 3.05) is 32.8 Å². The predicted octanol–water partition coefficient (Wildman–Crippen LogP) is 2.24. The SMILES string of the molecule is O=C(NCCN1CCC(CO)C1)c1ccccc1C(=O)c1ccc(F)c(F)c1. The molecule has 0 radical (unpaired) electrons. The number of amides is 1. The summed E-state index contributed by atoms with van der Waals surface area (Å²) in [5.74, 6) is -2.81. The highest BCUT2D eigenvalue weighted by molar-refractivity contribution is 6.15. The zero-order valence-electron chi connectivity index (χ0n) is 15.3. The summed E-state index contributed by atoms with van der Waals surface area (Å²) in [6.07, 6.45) is 0.940. The number of aliphatic hydroxyl groups excluding tert-OH is 1. The number of nitrogens with zero attached hydrogens (tertiary/aromatic N) is 1. The molecule has 1 atom stereocenters. The van der Waals surface area contributed by atoms with Crippen molar-refractivity contribution < 1.29 is 23.5 Å². The lowest BCUT2D eigenvalue weighted by molar-refractivity contribution is 0.0938. The molecule has 5 nitrogen and oxygen atoms in total. The molecule has 1 aliphatic rings. The minimum atomic E-state index is -1.11. The summed E-state index contributed by atoms with van der Waals surface area (Å²) in [5.41, 5.74) is 0.297. The van der Waals surface area contributed by atoms with E-state index in [1.807, 2.05) is 0 Å². The van der Waals surface area contributed by atoms with Gasteiger partial charge in [-0.05, 0) is 43.1 Å². The molecule has 1 unspecified atom stereocenters. The van der Waals surface area contributed by atoms with Gasteiger partial charge in [0.15, 0.2) is 17.4 Å². The molecular formula is C21H22F2N2O3. The average Bonchev–Trinajstić information content (AvgIpc) is 3.17. The van der Waals surface area contributed by atoms with Crippen LogP contribution in [0.2, 0.25) is 0 Å². The van der Waals surface area contributed by atoms with Crippen LogP contribution in [0.4, 0.5) is 8.78 Å². The highest BCUT2D eigenvalue weighted by Crippen LogP contribution is 2.17. The first-order valence-electron chi connectivity index (χ1n) is 9.19. The van der Waals surface area contributed by atoms with Crippen LogP contribution in [-0.2, 0) is 0 Å². The molecule has 2 aromatic rings. The molecule has 28 heavy (non-hydrogen) atoms. The zero-order chi connectivity index (χ0) is 20.1. The molecule has 0 spiro atoms. The van der Waals surface area contributed by atoms with E-state index in [-0.39, 0.29) is 29.2 Å². The highest BCUT2D eigenvalue weighted by Gasteiger charge is 2.22. The zero-order valence-corrected chi connectivity index (χ0v) is 15.3. The molecule has 0 saturated carbocycles. The molecule has 1 amide bonds. The molecule has 0 bridgehead atoms. The minimum absolute atomic E-state index is 0.0220. The van der Waals surface area contributed by atoms with E-state index in [0.717, 1.165) is 31.6 Å². The van der Waals surface area contributed by atoms with Crippen LogP contribution in [0.25, 0.3) is 0 Å². The summed E-state index contributed by atoms with van der Waals surface area (Å²) < 4.78 is 26.6. The van der Waals surface area contributed by atoms with Crippen molar-refractivity contribution in [1.29, 1.82) is 0 Å². The lowest BCUT2D eigenvalue weighted by Crippen LogP contribution is -2.34. The third-order valence-electron chi connectivity index (χ3n) is 4.94. The lowest BCUT2D eigenvalue weighted by Gasteiger charge is -2.16. The number of carbonyl (C=O) groups is 2. The minimum Gasteiger partial charge on any atom is -0.396 e. The van der Waals surface area contributed by atoms with Crippen LogP contribution >= 0.6 is 0 Å². The molecular weight excluding hydrogens is 366 g/mol. The van der Waals surface area contributed by atoms with Crippen LogP contribution in [0, 0.1) is 17.6 Å². The van der Waals surface area contributed by atoms with Gasteiger partial charge in [-0.15, -0.1) is 0 Å². The summed E-state index contributed by atoms with van der Waals surface area (Å²) >= 11 is 0. The van der Waals surface area contributed by atoms with E-state index in [1.54, 1.807) is 12.1 Å². The molecule has 2 N–H and O–H groups in total. The first-order valence-corrected chi connectivity index (χ1v) is 9.19. The Bertz CT molecular complexity index is 872. The molecule has 0 aliphatic carbocycles. The van der Waals surface area contributed by atoms with Gasteiger partial charge in [-0.1, -0.05) is 18.2 Å². The number of likely N-dealkylation sites (tertiary alicyclic amines) is 1. The molecule has 148 valence electrons. The standard InChI is InChI=1S/C21H22F2N2O3/c22-18-6-5-15(11-19(18)23)20(27)16-3-1-2-4-17(16)21(28)24-8-10-25-9-7-14(12-25)13-26/h1-6,11,14,26H,7-10,12-13H2,(H,24,28). The Hall–Kier alpha value is -2.64. The number of nitrogens with one attached hydrogen (secondary N) is 1. The Kier molecular flexibility index (Phi) is 6.49. The molecule has 3 rings (SSSR count). The fraction of sp³-hybridized carbons (Fsp3) is 0.333. The maximum atomic E-state index is 13.5. The van der Waals surface area contributed by atoms with Crippen molar-refractivity contribution in [2.45, 2.75) is 6.42 Å². The first-order chi connectivity index (χ1) is 13.5. The van der Waals surface area contributed by atoms with Crippen molar-refractivity contribution in [1.82, 2.24) is 10.2 Å². The predicted molar refractivity (Wildman–Crippen MR) is 100 cm³/mol. The van der Waals surface area contributed by atoms with E-state index in [2.05, 4.69) is 10.2 Å². The monoisotopic (exact) mass is 388 g/mol. The van der Waals surface area contributed by atoms with Gasteiger partial charge in [0, 0.05) is 37.4 Å². The Balaban J connectivity index is 1.66. The van der Waals surface area contributed by atoms with Crippen LogP contribution in [0.5, 0.6) is 0 Å². The van der Waals surface area contributed by atoms with Crippen molar-refractivity contribution in [3.05, 3.63) is 70.8 Å². The third-order valence-corrected chi connectivity index (χ3v) is 4.94. The van der Waals surface area contributed by atoms with Crippen LogP contribution in [0.3, 0.4) is 0 Å². The normalized spacial score (nSPS) is 16.9. The van der Waals surface area contributed by atoms with E-state index >= 15 is 0 Å². The van der Waals surface area contributed by atoms with Crippen LogP contribution < -0.4 is 5.32 Å². The second kappa shape index (κ2) is 9.03. The number of rotatable bonds is 7. The molecule has 1 aliphatic heterocycles. The maximum Gasteiger partial charge on any atom is 0.252 e. The summed E-state index contributed by atoms with van der Waals surface area (Å²) in [5, 5.41) is 12.0. The second-order valence-corrected chi connectivity index (χ2v) is 6.90. The smallest absolute Gasteiger partial charge is 0.252 e. The fourth-order valence-corrected chi connectivity index (χ4v) is 3.36. The van der Waals surface area contributed by atoms with Gasteiger partial charge in [0.2, 0.25) is 0 Å². The van der Waals surface area contributed by atoms with Gasteiger partial charge in [0.05, 0.1) is 5.56 Å². The number of hydrogen-bond acceptors (Lipinski definition) is 4. The summed E-state index contributed by atoms with van der Waals surface area (Å²) in [6.45, 7) is 2.92. The molecule has 1 saturated heterocycles. The summed E-state index contributed by atoms with van der Waals surface area (Å²) in [4.78, 5) is 27.4. The van der Waals surface area contributed by atoms with Crippen LogP contribution in [0.1, 0.15) is 32.7 Å². The quantitative estimate of drug-likeness (QED) is 0.714. The summed E-state index contributed by atoms with van der Waals surface area (Å²) in [6, 6.07) is 9.19. The van der Waals surface area contributed by atoms with E-state index < -0.39 is 23.3 Å². The summed E-state index contributed by atoms with van der Waals surface area (Å²) in [7, 11) is 0. The average molecular weight is 388 g/mol. The topological polar surface area (TPSA) is 69.6 Å². The number of hydrogen-bond donors (Lipinski definition) is 2. The number of ketones is 1. The van der Waals surface area contributed by atoms with Gasteiger partial charge in [0.25, 0.3) is 5.91 Å². The van der Waals surface area contributed by atoms with Gasteiger partial charge in [-0.2, -0.15) is 0 Å². The van der Waals surface area contributed by atoms with Gasteiger partial charge in [0.1, 0.15) is 0 Å². The fourth-order valence-electron chi connectivity index (χ4n) is 3.36. The molecule has 7 heteroatoms. The van der Waals surface area contributed by atoms with Gasteiger partial charge in [-0.3, -0.25) is 9.59 Å². The number of aliphatic hydroxyl groups is 1. The molecule has 1 heterocycles. The number of halogens is 2. The van der Waals surface area contributed by atoms with Gasteiger partial charge < -0.3 is 15.3 Å². The largest absolute Gasteiger partial charge is 0.396 e. The Labute approximate surface area is 162 Å². The van der Waals surface area contributed by atoms with Crippen LogP contribution in [0.15, 0.2) is 42.5 Å². The van der Waals surface area contributed by atoms with Crippen molar-refractivity contribution in [3.8, 4) is 0 Å². The third kappa shape index (κ3) is 4.61. The van der Waals surface area contributed by atoms with Gasteiger partial charge >= 0.3 is 0 Å². The van der Waals surface area contributed by atoms with Crippen LogP contribution in [-0.4, -0.2) is 54.5 Å². The maximum absolute atomic E-state index is 13.5. The Morgan fingerprint density at radius 3 is 2.54 bits per heavy atom. The number of carbonyl (C=O) groups excluding carboxylic acids is 2. The van der Waals surface area contributed by atoms with Crippen molar-refractivity contribution in [3.63, 3.8) is 0 Å². The number of benzene rings is 2. The van der Waals surface area contributed by atoms with Crippen molar-refractivity contribution >= 4 is 11.7 Å².